The minimum atomic E-state index is -0.701. The lowest BCUT2D eigenvalue weighted by Crippen LogP contribution is -2.18. The lowest BCUT2D eigenvalue weighted by atomic mass is 9.82. The summed E-state index contributed by atoms with van der Waals surface area (Å²) in [5.41, 5.74) is 1.02. The molecule has 2 unspecified atom stereocenters. The second-order valence-corrected chi connectivity index (χ2v) is 4.00. The van der Waals surface area contributed by atoms with E-state index >= 15 is 0 Å². The molecule has 14 heavy (non-hydrogen) atoms. The van der Waals surface area contributed by atoms with E-state index in [2.05, 4.69) is 0 Å². The van der Waals surface area contributed by atoms with Gasteiger partial charge in [-0.15, -0.1) is 0 Å². The summed E-state index contributed by atoms with van der Waals surface area (Å²) in [4.78, 5) is 0. The number of alkyl halides is 1. The van der Waals surface area contributed by atoms with Crippen LogP contribution in [0.3, 0.4) is 0 Å². The molecule has 1 aliphatic carbocycles. The van der Waals surface area contributed by atoms with Crippen molar-refractivity contribution in [1.82, 2.24) is 0 Å². The third-order valence-electron chi connectivity index (χ3n) is 3.00. The van der Waals surface area contributed by atoms with Crippen molar-refractivity contribution in [2.45, 2.75) is 37.8 Å². The molecule has 1 aliphatic rings. The zero-order valence-electron chi connectivity index (χ0n) is 8.12. The van der Waals surface area contributed by atoms with E-state index in [-0.39, 0.29) is 11.7 Å². The topological polar surface area (TPSA) is 20.2 Å². The third kappa shape index (κ3) is 1.89. The van der Waals surface area contributed by atoms with E-state index in [9.17, 15) is 4.39 Å². The minimum Gasteiger partial charge on any atom is -0.508 e. The summed E-state index contributed by atoms with van der Waals surface area (Å²) in [6, 6.07) is 6.93. The van der Waals surface area contributed by atoms with Gasteiger partial charge in [0.25, 0.3) is 0 Å². The number of phenols is 1. The Labute approximate surface area is 83.6 Å². The normalized spacial score (nSPS) is 27.5. The molecule has 1 nitrogen and oxygen atoms in total. The Kier molecular flexibility index (Phi) is 2.71. The monoisotopic (exact) mass is 194 g/mol. The summed E-state index contributed by atoms with van der Waals surface area (Å²) in [6.07, 6.45) is 3.05. The maximum absolute atomic E-state index is 13.6. The van der Waals surface area contributed by atoms with Crippen molar-refractivity contribution in [2.24, 2.45) is 0 Å². The van der Waals surface area contributed by atoms with Gasteiger partial charge in [0.1, 0.15) is 11.9 Å². The standard InChI is InChI=1S/C12H15FO/c13-12-4-2-1-3-11(12)9-5-7-10(14)8-6-9/h5-8,11-12,14H,1-4H2. The molecule has 0 saturated heterocycles. The van der Waals surface area contributed by atoms with Gasteiger partial charge >= 0.3 is 0 Å². The van der Waals surface area contributed by atoms with Crippen LogP contribution in [0.5, 0.6) is 5.75 Å². The quantitative estimate of drug-likeness (QED) is 0.726. The molecular formula is C12H15FO. The van der Waals surface area contributed by atoms with E-state index in [1.807, 2.05) is 12.1 Å². The van der Waals surface area contributed by atoms with Gasteiger partial charge in [0.15, 0.2) is 0 Å². The highest BCUT2D eigenvalue weighted by Crippen LogP contribution is 2.35. The lowest BCUT2D eigenvalue weighted by Gasteiger charge is -2.26. The zero-order chi connectivity index (χ0) is 9.97. The van der Waals surface area contributed by atoms with Gasteiger partial charge in [-0.2, -0.15) is 0 Å². The van der Waals surface area contributed by atoms with Crippen LogP contribution in [0.15, 0.2) is 24.3 Å². The Bertz CT molecular complexity index is 294. The molecule has 2 rings (SSSR count). The van der Waals surface area contributed by atoms with Crippen molar-refractivity contribution < 1.29 is 9.50 Å². The Balaban J connectivity index is 2.16. The molecule has 1 aromatic rings. The number of aromatic hydroxyl groups is 1. The van der Waals surface area contributed by atoms with Crippen LogP contribution in [0.4, 0.5) is 4.39 Å². The van der Waals surface area contributed by atoms with Gasteiger partial charge in [-0.1, -0.05) is 25.0 Å². The summed E-state index contributed by atoms with van der Waals surface area (Å²) in [7, 11) is 0. The number of hydrogen-bond donors (Lipinski definition) is 1. The second-order valence-electron chi connectivity index (χ2n) is 4.00. The molecular weight excluding hydrogens is 179 g/mol. The molecule has 0 aromatic heterocycles. The van der Waals surface area contributed by atoms with Gasteiger partial charge in [-0.25, -0.2) is 4.39 Å². The highest BCUT2D eigenvalue weighted by Gasteiger charge is 2.25. The molecule has 1 N–H and O–H groups in total. The molecule has 0 bridgehead atoms. The number of hydrogen-bond acceptors (Lipinski definition) is 1. The Hall–Kier alpha value is -1.05. The van der Waals surface area contributed by atoms with E-state index in [1.54, 1.807) is 12.1 Å². The predicted octanol–water partition coefficient (Wildman–Crippen LogP) is 3.39. The van der Waals surface area contributed by atoms with Crippen molar-refractivity contribution >= 4 is 0 Å². The molecule has 0 spiro atoms. The van der Waals surface area contributed by atoms with Crippen LogP contribution in [0.1, 0.15) is 37.2 Å². The summed E-state index contributed by atoms with van der Waals surface area (Å²) in [5, 5.41) is 9.13. The molecule has 1 fully saturated rings. The summed E-state index contributed by atoms with van der Waals surface area (Å²) < 4.78 is 13.6. The van der Waals surface area contributed by atoms with Crippen molar-refractivity contribution in [2.75, 3.05) is 0 Å². The Morgan fingerprint density at radius 1 is 1.07 bits per heavy atom. The van der Waals surface area contributed by atoms with E-state index in [0.29, 0.717) is 6.42 Å². The van der Waals surface area contributed by atoms with E-state index in [0.717, 1.165) is 24.8 Å². The van der Waals surface area contributed by atoms with Crippen LogP contribution >= 0.6 is 0 Å². The maximum Gasteiger partial charge on any atom is 0.115 e. The maximum atomic E-state index is 13.6. The van der Waals surface area contributed by atoms with E-state index in [4.69, 9.17) is 5.11 Å². The van der Waals surface area contributed by atoms with Crippen LogP contribution in [0, 0.1) is 0 Å². The molecule has 0 aliphatic heterocycles. The van der Waals surface area contributed by atoms with Crippen LogP contribution in [-0.4, -0.2) is 11.3 Å². The molecule has 1 saturated carbocycles. The van der Waals surface area contributed by atoms with E-state index < -0.39 is 6.17 Å². The first-order chi connectivity index (χ1) is 6.77. The van der Waals surface area contributed by atoms with Crippen LogP contribution in [-0.2, 0) is 0 Å². The fourth-order valence-corrected chi connectivity index (χ4v) is 2.18. The largest absolute Gasteiger partial charge is 0.508 e. The van der Waals surface area contributed by atoms with E-state index in [1.165, 1.54) is 0 Å². The van der Waals surface area contributed by atoms with Crippen molar-refractivity contribution in [3.8, 4) is 5.75 Å². The fourth-order valence-electron chi connectivity index (χ4n) is 2.18. The summed E-state index contributed by atoms with van der Waals surface area (Å²) in [5.74, 6) is 0.296. The molecule has 2 atom stereocenters. The zero-order valence-corrected chi connectivity index (χ0v) is 8.12. The highest BCUT2D eigenvalue weighted by molar-refractivity contribution is 5.29. The smallest absolute Gasteiger partial charge is 0.115 e. The van der Waals surface area contributed by atoms with Crippen molar-refractivity contribution in [1.29, 1.82) is 0 Å². The number of rotatable bonds is 1. The number of halogens is 1. The molecule has 0 radical (unpaired) electrons. The van der Waals surface area contributed by atoms with Gasteiger partial charge < -0.3 is 5.11 Å². The first kappa shape index (κ1) is 9.50. The van der Waals surface area contributed by atoms with Crippen LogP contribution in [0.2, 0.25) is 0 Å². The van der Waals surface area contributed by atoms with Gasteiger partial charge in [-0.05, 0) is 30.5 Å². The van der Waals surface area contributed by atoms with Crippen molar-refractivity contribution in [3.63, 3.8) is 0 Å². The minimum absolute atomic E-state index is 0.0457. The van der Waals surface area contributed by atoms with Gasteiger partial charge in [0, 0.05) is 5.92 Å². The Morgan fingerprint density at radius 3 is 2.36 bits per heavy atom. The Morgan fingerprint density at radius 2 is 1.71 bits per heavy atom. The third-order valence-corrected chi connectivity index (χ3v) is 3.00. The second kappa shape index (κ2) is 3.99. The first-order valence-electron chi connectivity index (χ1n) is 5.20. The lowest BCUT2D eigenvalue weighted by molar-refractivity contribution is 0.216. The number of benzene rings is 1. The average Bonchev–Trinajstić information content (AvgIpc) is 2.20. The molecule has 76 valence electrons. The molecule has 2 heteroatoms. The highest BCUT2D eigenvalue weighted by atomic mass is 19.1. The summed E-state index contributed by atoms with van der Waals surface area (Å²) >= 11 is 0. The van der Waals surface area contributed by atoms with Gasteiger partial charge in [0.2, 0.25) is 0 Å². The van der Waals surface area contributed by atoms with Crippen molar-refractivity contribution in [3.05, 3.63) is 29.8 Å². The summed E-state index contributed by atoms with van der Waals surface area (Å²) in [6.45, 7) is 0. The van der Waals surface area contributed by atoms with Crippen LogP contribution < -0.4 is 0 Å². The molecule has 1 aromatic carbocycles. The molecule has 0 heterocycles. The molecule has 0 amide bonds. The first-order valence-corrected chi connectivity index (χ1v) is 5.20. The fraction of sp³-hybridized carbons (Fsp3) is 0.500. The predicted molar refractivity (Wildman–Crippen MR) is 54.2 cm³/mol. The van der Waals surface area contributed by atoms with Crippen LogP contribution in [0.25, 0.3) is 0 Å². The van der Waals surface area contributed by atoms with Gasteiger partial charge in [0.05, 0.1) is 0 Å². The average molecular weight is 194 g/mol. The van der Waals surface area contributed by atoms with Gasteiger partial charge in [-0.3, -0.25) is 0 Å². The number of phenolic OH excluding ortho intramolecular Hbond substituents is 1. The SMILES string of the molecule is Oc1ccc(C2CCCCC2F)cc1.